The fourth-order valence-corrected chi connectivity index (χ4v) is 4.70. The number of ether oxygens (including phenoxy) is 2. The number of sulfone groups is 1. The van der Waals surface area contributed by atoms with Gasteiger partial charge in [0.15, 0.2) is 11.5 Å². The number of aromatic nitrogens is 2. The molecule has 4 aromatic rings. The van der Waals surface area contributed by atoms with Gasteiger partial charge < -0.3 is 9.47 Å². The summed E-state index contributed by atoms with van der Waals surface area (Å²) in [6.45, 7) is 1.01. The Morgan fingerprint density at radius 3 is 2.18 bits per heavy atom. The Labute approximate surface area is 189 Å². The highest BCUT2D eigenvalue weighted by Crippen LogP contribution is 2.34. The Hall–Kier alpha value is -3.98. The van der Waals surface area contributed by atoms with Crippen molar-refractivity contribution in [3.63, 3.8) is 0 Å². The number of carbonyl (C=O) groups excluding carboxylic acids is 1. The van der Waals surface area contributed by atoms with Crippen molar-refractivity contribution in [2.75, 3.05) is 6.61 Å². The largest absolute Gasteiger partial charge is 0.482 e. The quantitative estimate of drug-likeness (QED) is 0.381. The summed E-state index contributed by atoms with van der Waals surface area (Å²) in [5.41, 5.74) is 0.683. The van der Waals surface area contributed by atoms with Crippen LogP contribution in [0.3, 0.4) is 0 Å². The van der Waals surface area contributed by atoms with Crippen LogP contribution in [0.15, 0.2) is 94.7 Å². The van der Waals surface area contributed by atoms with E-state index in [0.717, 1.165) is 0 Å². The molecule has 0 fully saturated rings. The SMILES string of the molecule is Cc1nn(-c2ccccc2)c(OC(=O)COc2ccc(F)cc2)c1S(=O)(=O)c1ccccc1. The lowest BCUT2D eigenvalue weighted by Crippen LogP contribution is -2.20. The minimum atomic E-state index is -4.05. The molecule has 0 N–H and O–H groups in total. The van der Waals surface area contributed by atoms with Crippen molar-refractivity contribution in [1.29, 1.82) is 0 Å². The van der Waals surface area contributed by atoms with Crippen molar-refractivity contribution in [2.45, 2.75) is 16.7 Å². The van der Waals surface area contributed by atoms with Gasteiger partial charge in [-0.25, -0.2) is 17.6 Å². The highest BCUT2D eigenvalue weighted by molar-refractivity contribution is 7.91. The monoisotopic (exact) mass is 466 g/mol. The van der Waals surface area contributed by atoms with Crippen molar-refractivity contribution < 1.29 is 27.1 Å². The van der Waals surface area contributed by atoms with Crippen molar-refractivity contribution in [3.8, 4) is 17.3 Å². The number of para-hydroxylation sites is 1. The second-order valence-electron chi connectivity index (χ2n) is 7.00. The predicted molar refractivity (Wildman–Crippen MR) is 118 cm³/mol. The number of carbonyl (C=O) groups is 1. The molecule has 0 atom stereocenters. The maximum atomic E-state index is 13.4. The molecule has 0 saturated carbocycles. The van der Waals surface area contributed by atoms with Crippen LogP contribution in [-0.2, 0) is 14.6 Å². The molecule has 1 aromatic heterocycles. The third-order valence-corrected chi connectivity index (χ3v) is 6.57. The molecule has 168 valence electrons. The smallest absolute Gasteiger partial charge is 0.350 e. The summed E-state index contributed by atoms with van der Waals surface area (Å²) in [7, 11) is -4.05. The zero-order valence-corrected chi connectivity index (χ0v) is 18.3. The van der Waals surface area contributed by atoms with Gasteiger partial charge in [0.25, 0.3) is 0 Å². The summed E-state index contributed by atoms with van der Waals surface area (Å²) in [5.74, 6) is -1.27. The normalized spacial score (nSPS) is 11.2. The van der Waals surface area contributed by atoms with Gasteiger partial charge in [-0.3, -0.25) is 0 Å². The number of hydrogen-bond donors (Lipinski definition) is 0. The van der Waals surface area contributed by atoms with Gasteiger partial charge in [0.05, 0.1) is 16.3 Å². The summed E-state index contributed by atoms with van der Waals surface area (Å²) in [6, 6.07) is 21.7. The lowest BCUT2D eigenvalue weighted by Gasteiger charge is -2.11. The van der Waals surface area contributed by atoms with E-state index in [1.54, 1.807) is 48.5 Å². The molecule has 4 rings (SSSR count). The molecule has 9 heteroatoms. The third kappa shape index (κ3) is 4.78. The molecule has 0 aliphatic carbocycles. The van der Waals surface area contributed by atoms with E-state index in [1.165, 1.54) is 48.0 Å². The lowest BCUT2D eigenvalue weighted by molar-refractivity contribution is -0.137. The Balaban J connectivity index is 1.71. The van der Waals surface area contributed by atoms with E-state index in [2.05, 4.69) is 5.10 Å². The number of nitrogens with zero attached hydrogens (tertiary/aromatic N) is 2. The minimum absolute atomic E-state index is 0.0422. The molecule has 33 heavy (non-hydrogen) atoms. The highest BCUT2D eigenvalue weighted by atomic mass is 32.2. The van der Waals surface area contributed by atoms with Gasteiger partial charge in [-0.15, -0.1) is 0 Å². The number of hydrogen-bond acceptors (Lipinski definition) is 6. The van der Waals surface area contributed by atoms with Crippen LogP contribution in [0.4, 0.5) is 4.39 Å². The van der Waals surface area contributed by atoms with E-state index in [0.29, 0.717) is 5.69 Å². The summed E-state index contributed by atoms with van der Waals surface area (Å²) in [4.78, 5) is 12.4. The average Bonchev–Trinajstić information content (AvgIpc) is 3.16. The first-order valence-corrected chi connectivity index (χ1v) is 11.4. The Morgan fingerprint density at radius 1 is 0.939 bits per heavy atom. The van der Waals surface area contributed by atoms with E-state index in [9.17, 15) is 17.6 Å². The van der Waals surface area contributed by atoms with Gasteiger partial charge in [-0.2, -0.15) is 9.78 Å². The van der Waals surface area contributed by atoms with Crippen molar-refractivity contribution in [1.82, 2.24) is 9.78 Å². The van der Waals surface area contributed by atoms with E-state index in [1.807, 2.05) is 0 Å². The van der Waals surface area contributed by atoms with Crippen LogP contribution in [-0.4, -0.2) is 30.8 Å². The molecule has 1 heterocycles. The maximum absolute atomic E-state index is 13.4. The summed E-state index contributed by atoms with van der Waals surface area (Å²) in [6.07, 6.45) is 0. The molecule has 0 unspecified atom stereocenters. The van der Waals surface area contributed by atoms with Crippen molar-refractivity contribution >= 4 is 15.8 Å². The average molecular weight is 466 g/mol. The first-order valence-electron chi connectivity index (χ1n) is 9.90. The first kappa shape index (κ1) is 22.2. The van der Waals surface area contributed by atoms with Crippen molar-refractivity contribution in [3.05, 3.63) is 96.4 Å². The zero-order valence-electron chi connectivity index (χ0n) is 17.5. The number of aryl methyl sites for hydroxylation is 1. The molecular weight excluding hydrogens is 447 g/mol. The molecule has 0 amide bonds. The number of esters is 1. The standard InChI is InChI=1S/C24H19FN2O5S/c1-17-23(33(29,30)21-10-6-3-7-11-21)24(27(26-17)19-8-4-2-5-9-19)32-22(28)16-31-20-14-12-18(25)13-15-20/h2-15H,16H2,1H3. The minimum Gasteiger partial charge on any atom is -0.482 e. The van der Waals surface area contributed by atoms with Crippen LogP contribution < -0.4 is 9.47 Å². The zero-order chi connectivity index (χ0) is 23.4. The van der Waals surface area contributed by atoms with E-state index >= 15 is 0 Å². The molecule has 0 radical (unpaired) electrons. The van der Waals surface area contributed by atoms with Gasteiger partial charge in [-0.1, -0.05) is 36.4 Å². The fourth-order valence-electron chi connectivity index (χ4n) is 3.16. The first-order chi connectivity index (χ1) is 15.9. The second-order valence-corrected chi connectivity index (χ2v) is 8.89. The summed E-state index contributed by atoms with van der Waals surface area (Å²) >= 11 is 0. The van der Waals surface area contributed by atoms with Gasteiger partial charge in [0.2, 0.25) is 15.7 Å². The van der Waals surface area contributed by atoms with Gasteiger partial charge >= 0.3 is 5.97 Å². The Morgan fingerprint density at radius 2 is 1.55 bits per heavy atom. The number of rotatable bonds is 7. The highest BCUT2D eigenvalue weighted by Gasteiger charge is 2.32. The second kappa shape index (κ2) is 9.25. The molecule has 0 saturated heterocycles. The van der Waals surface area contributed by atoms with Crippen LogP contribution in [0.25, 0.3) is 5.69 Å². The molecule has 0 aliphatic heterocycles. The molecule has 0 aliphatic rings. The number of benzene rings is 3. The topological polar surface area (TPSA) is 87.5 Å². The van der Waals surface area contributed by atoms with Crippen LogP contribution in [0, 0.1) is 12.7 Å². The van der Waals surface area contributed by atoms with Crippen LogP contribution in [0.5, 0.6) is 11.6 Å². The lowest BCUT2D eigenvalue weighted by atomic mass is 10.3. The summed E-state index contributed by atoms with van der Waals surface area (Å²) < 4.78 is 52.0. The van der Waals surface area contributed by atoms with Gasteiger partial charge in [0.1, 0.15) is 11.6 Å². The molecule has 3 aromatic carbocycles. The predicted octanol–water partition coefficient (Wildman–Crippen LogP) is 4.14. The van der Waals surface area contributed by atoms with E-state index in [-0.39, 0.29) is 27.1 Å². The molecule has 0 bridgehead atoms. The van der Waals surface area contributed by atoms with Gasteiger partial charge in [-0.05, 0) is 55.5 Å². The number of halogens is 1. The third-order valence-electron chi connectivity index (χ3n) is 4.67. The van der Waals surface area contributed by atoms with Crippen LogP contribution in [0.1, 0.15) is 5.69 Å². The molecule has 7 nitrogen and oxygen atoms in total. The fraction of sp³-hybridized carbons (Fsp3) is 0.0833. The summed E-state index contributed by atoms with van der Waals surface area (Å²) in [5, 5.41) is 4.33. The Bertz CT molecular complexity index is 1370. The van der Waals surface area contributed by atoms with Gasteiger partial charge in [0, 0.05) is 0 Å². The maximum Gasteiger partial charge on any atom is 0.350 e. The van der Waals surface area contributed by atoms with E-state index < -0.39 is 28.2 Å². The Kier molecular flexibility index (Phi) is 6.23. The van der Waals surface area contributed by atoms with Crippen LogP contribution >= 0.6 is 0 Å². The van der Waals surface area contributed by atoms with Crippen molar-refractivity contribution in [2.24, 2.45) is 0 Å². The van der Waals surface area contributed by atoms with E-state index in [4.69, 9.17) is 9.47 Å². The molecule has 0 spiro atoms. The van der Waals surface area contributed by atoms with Crippen LogP contribution in [0.2, 0.25) is 0 Å². The molecular formula is C24H19FN2O5S.